The summed E-state index contributed by atoms with van der Waals surface area (Å²) in [5, 5.41) is 9.22. The zero-order valence-corrected chi connectivity index (χ0v) is 13.5. The summed E-state index contributed by atoms with van der Waals surface area (Å²) in [6.45, 7) is 0.305. The van der Waals surface area contributed by atoms with Crippen molar-refractivity contribution < 1.29 is 19.3 Å². The third-order valence-corrected chi connectivity index (χ3v) is 3.63. The van der Waals surface area contributed by atoms with E-state index in [1.807, 2.05) is 24.3 Å². The molecule has 4 nitrogen and oxygen atoms in total. The Morgan fingerprint density at radius 1 is 1.05 bits per heavy atom. The first-order valence-electron chi connectivity index (χ1n) is 6.41. The highest BCUT2D eigenvalue weighted by molar-refractivity contribution is 9.10. The maximum atomic E-state index is 9.22. The number of hydrogen-bond donors (Lipinski definition) is 1. The lowest BCUT2D eigenvalue weighted by molar-refractivity contribution is 0.270. The van der Waals surface area contributed by atoms with Gasteiger partial charge in [-0.1, -0.05) is 18.2 Å². The highest BCUT2D eigenvalue weighted by atomic mass is 79.9. The Labute approximate surface area is 132 Å². The van der Waals surface area contributed by atoms with Gasteiger partial charge in [-0.15, -0.1) is 0 Å². The summed E-state index contributed by atoms with van der Waals surface area (Å²) in [6, 6.07) is 11.2. The number of benzene rings is 2. The minimum absolute atomic E-state index is 0.0538. The lowest BCUT2D eigenvalue weighted by Crippen LogP contribution is -2.01. The molecule has 0 aliphatic carbocycles. The van der Waals surface area contributed by atoms with Gasteiger partial charge in [0.25, 0.3) is 0 Å². The molecule has 0 saturated carbocycles. The van der Waals surface area contributed by atoms with E-state index in [0.717, 1.165) is 21.3 Å². The van der Waals surface area contributed by atoms with E-state index >= 15 is 0 Å². The van der Waals surface area contributed by atoms with Crippen molar-refractivity contribution in [2.45, 2.75) is 13.2 Å². The van der Waals surface area contributed by atoms with Crippen molar-refractivity contribution in [2.75, 3.05) is 14.2 Å². The minimum atomic E-state index is -0.0538. The van der Waals surface area contributed by atoms with E-state index in [9.17, 15) is 5.11 Å². The van der Waals surface area contributed by atoms with Crippen LogP contribution in [0.1, 0.15) is 11.1 Å². The third kappa shape index (κ3) is 3.68. The smallest absolute Gasteiger partial charge is 0.175 e. The number of rotatable bonds is 6. The van der Waals surface area contributed by atoms with Gasteiger partial charge in [0.15, 0.2) is 11.5 Å². The molecule has 1 N–H and O–H groups in total. The second-order valence-electron chi connectivity index (χ2n) is 4.37. The Morgan fingerprint density at radius 2 is 1.76 bits per heavy atom. The molecule has 21 heavy (non-hydrogen) atoms. The average Bonchev–Trinajstić information content (AvgIpc) is 2.53. The third-order valence-electron chi connectivity index (χ3n) is 3.04. The molecule has 2 aromatic rings. The van der Waals surface area contributed by atoms with Gasteiger partial charge in [0.1, 0.15) is 12.4 Å². The molecule has 0 bridgehead atoms. The highest BCUT2D eigenvalue weighted by Crippen LogP contribution is 2.37. The first-order valence-corrected chi connectivity index (χ1v) is 7.20. The fourth-order valence-electron chi connectivity index (χ4n) is 1.98. The van der Waals surface area contributed by atoms with Crippen LogP contribution in [0.15, 0.2) is 40.9 Å². The van der Waals surface area contributed by atoms with Crippen molar-refractivity contribution in [1.82, 2.24) is 0 Å². The van der Waals surface area contributed by atoms with Crippen LogP contribution in [0.2, 0.25) is 0 Å². The normalized spacial score (nSPS) is 10.3. The Morgan fingerprint density at radius 3 is 2.43 bits per heavy atom. The zero-order chi connectivity index (χ0) is 15.2. The first-order chi connectivity index (χ1) is 10.2. The summed E-state index contributed by atoms with van der Waals surface area (Å²) in [5.41, 5.74) is 1.70. The summed E-state index contributed by atoms with van der Waals surface area (Å²) < 4.78 is 17.2. The zero-order valence-electron chi connectivity index (χ0n) is 11.9. The van der Waals surface area contributed by atoms with Gasteiger partial charge in [-0.2, -0.15) is 0 Å². The number of aliphatic hydroxyl groups is 1. The van der Waals surface area contributed by atoms with E-state index in [4.69, 9.17) is 14.2 Å². The number of aliphatic hydroxyl groups excluding tert-OH is 1. The molecule has 0 aliphatic rings. The SMILES string of the molecule is COc1ccccc1COc1c(Br)cc(CO)cc1OC. The van der Waals surface area contributed by atoms with Crippen LogP contribution in [0.25, 0.3) is 0 Å². The Kier molecular flexibility index (Phi) is 5.47. The molecule has 0 aromatic heterocycles. The number of para-hydroxylation sites is 1. The fourth-order valence-corrected chi connectivity index (χ4v) is 2.58. The first kappa shape index (κ1) is 15.7. The number of methoxy groups -OCH3 is 2. The molecule has 0 atom stereocenters. The van der Waals surface area contributed by atoms with Crippen molar-refractivity contribution >= 4 is 15.9 Å². The second kappa shape index (κ2) is 7.33. The van der Waals surface area contributed by atoms with E-state index in [1.54, 1.807) is 26.4 Å². The van der Waals surface area contributed by atoms with Crippen LogP contribution in [-0.2, 0) is 13.2 Å². The standard InChI is InChI=1S/C16H17BrO4/c1-19-14-6-4-3-5-12(14)10-21-16-13(17)7-11(9-18)8-15(16)20-2/h3-8,18H,9-10H2,1-2H3. The average molecular weight is 353 g/mol. The van der Waals surface area contributed by atoms with E-state index in [1.165, 1.54) is 0 Å². The van der Waals surface area contributed by atoms with Gasteiger partial charge in [0.2, 0.25) is 0 Å². The van der Waals surface area contributed by atoms with Gasteiger partial charge in [-0.05, 0) is 39.7 Å². The van der Waals surface area contributed by atoms with Crippen molar-refractivity contribution in [1.29, 1.82) is 0 Å². The number of ether oxygens (including phenoxy) is 3. The quantitative estimate of drug-likeness (QED) is 0.863. The van der Waals surface area contributed by atoms with Crippen LogP contribution >= 0.6 is 15.9 Å². The maximum Gasteiger partial charge on any atom is 0.175 e. The Balaban J connectivity index is 2.23. The molecule has 0 aliphatic heterocycles. The van der Waals surface area contributed by atoms with E-state index in [2.05, 4.69) is 15.9 Å². The van der Waals surface area contributed by atoms with Gasteiger partial charge < -0.3 is 19.3 Å². The molecule has 2 rings (SSSR count). The molecular formula is C16H17BrO4. The molecule has 0 unspecified atom stereocenters. The maximum absolute atomic E-state index is 9.22. The van der Waals surface area contributed by atoms with Gasteiger partial charge in [-0.3, -0.25) is 0 Å². The lowest BCUT2D eigenvalue weighted by atomic mass is 10.2. The molecule has 0 fully saturated rings. The molecule has 0 spiro atoms. The molecule has 5 heteroatoms. The molecule has 0 heterocycles. The molecule has 2 aromatic carbocycles. The molecule has 0 saturated heterocycles. The van der Waals surface area contributed by atoms with Crippen LogP contribution < -0.4 is 14.2 Å². The summed E-state index contributed by atoms with van der Waals surface area (Å²) in [4.78, 5) is 0. The van der Waals surface area contributed by atoms with E-state index in [-0.39, 0.29) is 6.61 Å². The highest BCUT2D eigenvalue weighted by Gasteiger charge is 2.12. The van der Waals surface area contributed by atoms with Crippen LogP contribution in [0.4, 0.5) is 0 Å². The van der Waals surface area contributed by atoms with Crippen molar-refractivity contribution in [2.24, 2.45) is 0 Å². The fraction of sp³-hybridized carbons (Fsp3) is 0.250. The summed E-state index contributed by atoms with van der Waals surface area (Å²) >= 11 is 3.44. The number of halogens is 1. The lowest BCUT2D eigenvalue weighted by Gasteiger charge is -2.15. The molecule has 112 valence electrons. The Bertz CT molecular complexity index is 613. The van der Waals surface area contributed by atoms with Crippen molar-refractivity contribution in [3.63, 3.8) is 0 Å². The van der Waals surface area contributed by atoms with Crippen molar-refractivity contribution in [3.8, 4) is 17.2 Å². The monoisotopic (exact) mass is 352 g/mol. The van der Waals surface area contributed by atoms with Gasteiger partial charge in [0, 0.05) is 5.56 Å². The second-order valence-corrected chi connectivity index (χ2v) is 5.22. The minimum Gasteiger partial charge on any atom is -0.496 e. The predicted octanol–water partition coefficient (Wildman–Crippen LogP) is 3.54. The van der Waals surface area contributed by atoms with Crippen LogP contribution in [-0.4, -0.2) is 19.3 Å². The molecule has 0 amide bonds. The number of hydrogen-bond acceptors (Lipinski definition) is 4. The van der Waals surface area contributed by atoms with Crippen LogP contribution in [0, 0.1) is 0 Å². The van der Waals surface area contributed by atoms with Gasteiger partial charge >= 0.3 is 0 Å². The summed E-state index contributed by atoms with van der Waals surface area (Å²) in [7, 11) is 3.20. The van der Waals surface area contributed by atoms with Crippen LogP contribution in [0.5, 0.6) is 17.2 Å². The molecular weight excluding hydrogens is 336 g/mol. The predicted molar refractivity (Wildman–Crippen MR) is 83.9 cm³/mol. The Hall–Kier alpha value is -1.72. The summed E-state index contributed by atoms with van der Waals surface area (Å²) in [5.74, 6) is 1.95. The van der Waals surface area contributed by atoms with Gasteiger partial charge in [-0.25, -0.2) is 0 Å². The van der Waals surface area contributed by atoms with E-state index in [0.29, 0.717) is 18.1 Å². The van der Waals surface area contributed by atoms with Crippen LogP contribution in [0.3, 0.4) is 0 Å². The van der Waals surface area contributed by atoms with Crippen molar-refractivity contribution in [3.05, 3.63) is 52.0 Å². The van der Waals surface area contributed by atoms with Gasteiger partial charge in [0.05, 0.1) is 25.3 Å². The molecule has 0 radical (unpaired) electrons. The largest absolute Gasteiger partial charge is 0.496 e. The summed E-state index contributed by atoms with van der Waals surface area (Å²) in [6.07, 6.45) is 0. The van der Waals surface area contributed by atoms with E-state index < -0.39 is 0 Å². The topological polar surface area (TPSA) is 47.9 Å².